The summed E-state index contributed by atoms with van der Waals surface area (Å²) in [5, 5.41) is 0.558. The van der Waals surface area contributed by atoms with Gasteiger partial charge in [0, 0.05) is 31.1 Å². The zero-order valence-corrected chi connectivity index (χ0v) is 17.9. The van der Waals surface area contributed by atoms with Crippen LogP contribution in [0.4, 0.5) is 0 Å². The van der Waals surface area contributed by atoms with Crippen LogP contribution < -0.4 is 5.56 Å². The van der Waals surface area contributed by atoms with E-state index in [9.17, 15) is 9.59 Å². The minimum Gasteiger partial charge on any atom is -0.337 e. The van der Waals surface area contributed by atoms with Gasteiger partial charge in [-0.25, -0.2) is 9.97 Å². The molecule has 1 aliphatic rings. The van der Waals surface area contributed by atoms with Crippen LogP contribution in [0.15, 0.2) is 41.5 Å². The summed E-state index contributed by atoms with van der Waals surface area (Å²) in [5.74, 6) is 0.382. The van der Waals surface area contributed by atoms with Gasteiger partial charge in [0.2, 0.25) is 0 Å². The van der Waals surface area contributed by atoms with Crippen LogP contribution in [0.25, 0.3) is 10.2 Å². The molecule has 1 fully saturated rings. The Hall–Kier alpha value is -2.54. The molecule has 4 rings (SSSR count). The van der Waals surface area contributed by atoms with Gasteiger partial charge in [0.25, 0.3) is 11.5 Å². The zero-order valence-electron chi connectivity index (χ0n) is 17.1. The minimum absolute atomic E-state index is 0.00194. The van der Waals surface area contributed by atoms with Crippen LogP contribution in [0.3, 0.4) is 0 Å². The lowest BCUT2D eigenvalue weighted by atomic mass is 9.92. The van der Waals surface area contributed by atoms with Crippen molar-refractivity contribution in [2.75, 3.05) is 13.1 Å². The smallest absolute Gasteiger partial charge is 0.282 e. The van der Waals surface area contributed by atoms with Crippen LogP contribution >= 0.6 is 11.3 Å². The molecular weight excluding hydrogens is 384 g/mol. The average Bonchev–Trinajstić information content (AvgIpc) is 3.13. The molecule has 0 radical (unpaired) electrons. The van der Waals surface area contributed by atoms with E-state index in [-0.39, 0.29) is 16.9 Å². The Bertz CT molecular complexity index is 1050. The van der Waals surface area contributed by atoms with Crippen molar-refractivity contribution in [3.8, 4) is 0 Å². The van der Waals surface area contributed by atoms with Crippen LogP contribution in [0.2, 0.25) is 0 Å². The van der Waals surface area contributed by atoms with Gasteiger partial charge in [-0.3, -0.25) is 14.2 Å². The van der Waals surface area contributed by atoms with Crippen LogP contribution in [-0.4, -0.2) is 38.4 Å². The van der Waals surface area contributed by atoms with Crippen molar-refractivity contribution in [3.05, 3.63) is 57.7 Å². The molecule has 1 aliphatic heterocycles. The summed E-state index contributed by atoms with van der Waals surface area (Å²) >= 11 is 1.45. The lowest BCUT2D eigenvalue weighted by Crippen LogP contribution is -2.40. The Morgan fingerprint density at radius 1 is 1.21 bits per heavy atom. The predicted octanol–water partition coefficient (Wildman–Crippen LogP) is 3.70. The van der Waals surface area contributed by atoms with E-state index in [4.69, 9.17) is 0 Å². The first-order valence-corrected chi connectivity index (χ1v) is 10.8. The fraction of sp³-hybridized carbons (Fsp3) is 0.455. The number of thiazole rings is 1. The van der Waals surface area contributed by atoms with E-state index in [1.165, 1.54) is 11.3 Å². The van der Waals surface area contributed by atoms with Crippen molar-refractivity contribution in [2.45, 2.75) is 45.6 Å². The standard InChI is InChI=1S/C22H26N4O2S/c1-22(2,3)18-12-19(27)26(14-23-18)13-15-8-10-25(11-9-15)21(28)20-24-16-6-4-5-7-17(16)29-20/h4-7,12,14-15H,8-11,13H2,1-3H3. The number of nitrogens with zero attached hydrogens (tertiary/aromatic N) is 4. The van der Waals surface area contributed by atoms with Crippen LogP contribution in [0.1, 0.15) is 49.1 Å². The quantitative estimate of drug-likeness (QED) is 0.660. The van der Waals surface area contributed by atoms with Gasteiger partial charge in [0.05, 0.1) is 22.2 Å². The number of amides is 1. The number of carbonyl (C=O) groups excluding carboxylic acids is 1. The Morgan fingerprint density at radius 3 is 2.59 bits per heavy atom. The van der Waals surface area contributed by atoms with E-state index in [1.54, 1.807) is 17.0 Å². The highest BCUT2D eigenvalue weighted by Gasteiger charge is 2.26. The lowest BCUT2D eigenvalue weighted by molar-refractivity contribution is 0.0682. The van der Waals surface area contributed by atoms with Crippen molar-refractivity contribution >= 4 is 27.5 Å². The third-order valence-electron chi connectivity index (χ3n) is 5.48. The summed E-state index contributed by atoms with van der Waals surface area (Å²) in [6.45, 7) is 8.20. The van der Waals surface area contributed by atoms with E-state index in [1.807, 2.05) is 29.2 Å². The second-order valence-electron chi connectivity index (χ2n) is 8.74. The number of piperidine rings is 1. The number of carbonyl (C=O) groups is 1. The third-order valence-corrected chi connectivity index (χ3v) is 6.51. The van der Waals surface area contributed by atoms with E-state index in [0.29, 0.717) is 30.6 Å². The first-order valence-electron chi connectivity index (χ1n) is 10.0. The Morgan fingerprint density at radius 2 is 1.93 bits per heavy atom. The molecule has 0 saturated carbocycles. The fourth-order valence-corrected chi connectivity index (χ4v) is 4.60. The molecule has 3 aromatic rings. The highest BCUT2D eigenvalue weighted by atomic mass is 32.1. The molecule has 0 spiro atoms. The molecule has 1 saturated heterocycles. The number of hydrogen-bond acceptors (Lipinski definition) is 5. The summed E-state index contributed by atoms with van der Waals surface area (Å²) in [6.07, 6.45) is 3.43. The molecule has 152 valence electrons. The maximum atomic E-state index is 12.8. The van der Waals surface area contributed by atoms with Crippen LogP contribution in [-0.2, 0) is 12.0 Å². The SMILES string of the molecule is CC(C)(C)c1cc(=O)n(CC2CCN(C(=O)c3nc4ccccc4s3)CC2)cn1. The first-order chi connectivity index (χ1) is 13.8. The highest BCUT2D eigenvalue weighted by molar-refractivity contribution is 7.20. The van der Waals surface area contributed by atoms with Crippen molar-refractivity contribution in [1.82, 2.24) is 19.4 Å². The number of likely N-dealkylation sites (tertiary alicyclic amines) is 1. The maximum absolute atomic E-state index is 12.8. The van der Waals surface area contributed by atoms with Crippen molar-refractivity contribution in [3.63, 3.8) is 0 Å². The van der Waals surface area contributed by atoms with E-state index in [2.05, 4.69) is 30.7 Å². The molecule has 0 N–H and O–H groups in total. The van der Waals surface area contributed by atoms with E-state index < -0.39 is 0 Å². The van der Waals surface area contributed by atoms with Gasteiger partial charge in [-0.05, 0) is 30.9 Å². The van der Waals surface area contributed by atoms with Crippen LogP contribution in [0.5, 0.6) is 0 Å². The molecule has 0 unspecified atom stereocenters. The van der Waals surface area contributed by atoms with Gasteiger partial charge in [-0.1, -0.05) is 32.9 Å². The van der Waals surface area contributed by atoms with Crippen molar-refractivity contribution < 1.29 is 4.79 Å². The summed E-state index contributed by atoms with van der Waals surface area (Å²) in [6, 6.07) is 9.47. The molecule has 1 aromatic carbocycles. The Labute approximate surface area is 174 Å². The topological polar surface area (TPSA) is 68.1 Å². The summed E-state index contributed by atoms with van der Waals surface area (Å²) in [4.78, 5) is 36.1. The van der Waals surface area contributed by atoms with Gasteiger partial charge in [0.15, 0.2) is 5.01 Å². The largest absolute Gasteiger partial charge is 0.337 e. The second-order valence-corrected chi connectivity index (χ2v) is 9.77. The molecule has 29 heavy (non-hydrogen) atoms. The molecule has 2 aromatic heterocycles. The molecule has 7 heteroatoms. The van der Waals surface area contributed by atoms with Crippen LogP contribution in [0, 0.1) is 5.92 Å². The lowest BCUT2D eigenvalue weighted by Gasteiger charge is -2.31. The molecule has 0 bridgehead atoms. The normalized spacial score (nSPS) is 15.8. The van der Waals surface area contributed by atoms with Gasteiger partial charge in [0.1, 0.15) is 0 Å². The van der Waals surface area contributed by atoms with E-state index >= 15 is 0 Å². The summed E-state index contributed by atoms with van der Waals surface area (Å²) in [5.41, 5.74) is 1.55. The summed E-state index contributed by atoms with van der Waals surface area (Å²) in [7, 11) is 0. The third kappa shape index (κ3) is 4.24. The Kier molecular flexibility index (Phi) is 5.25. The van der Waals surface area contributed by atoms with E-state index in [0.717, 1.165) is 28.8 Å². The molecule has 1 amide bonds. The maximum Gasteiger partial charge on any atom is 0.282 e. The number of aromatic nitrogens is 3. The number of fused-ring (bicyclic) bond motifs is 1. The number of benzene rings is 1. The van der Waals surface area contributed by atoms with Gasteiger partial charge in [-0.2, -0.15) is 0 Å². The fourth-order valence-electron chi connectivity index (χ4n) is 3.67. The second kappa shape index (κ2) is 7.71. The molecule has 0 atom stereocenters. The Balaban J connectivity index is 1.38. The number of para-hydroxylation sites is 1. The van der Waals surface area contributed by atoms with Crippen molar-refractivity contribution in [2.24, 2.45) is 5.92 Å². The number of hydrogen-bond donors (Lipinski definition) is 0. The predicted molar refractivity (Wildman–Crippen MR) is 115 cm³/mol. The molecule has 0 aliphatic carbocycles. The first kappa shape index (κ1) is 19.8. The van der Waals surface area contributed by atoms with Gasteiger partial charge >= 0.3 is 0 Å². The van der Waals surface area contributed by atoms with Gasteiger partial charge in [-0.15, -0.1) is 11.3 Å². The van der Waals surface area contributed by atoms with Crippen molar-refractivity contribution in [1.29, 1.82) is 0 Å². The monoisotopic (exact) mass is 410 g/mol. The molecular formula is C22H26N4O2S. The molecule has 6 nitrogen and oxygen atoms in total. The average molecular weight is 411 g/mol. The zero-order chi connectivity index (χ0) is 20.6. The summed E-state index contributed by atoms with van der Waals surface area (Å²) < 4.78 is 2.74. The van der Waals surface area contributed by atoms with Gasteiger partial charge < -0.3 is 4.90 Å². The molecule has 3 heterocycles. The minimum atomic E-state index is -0.134. The highest BCUT2D eigenvalue weighted by Crippen LogP contribution is 2.25. The number of rotatable bonds is 3.